The third-order valence-electron chi connectivity index (χ3n) is 4.37. The minimum absolute atomic E-state index is 0.00647. The highest BCUT2D eigenvalue weighted by Crippen LogP contribution is 2.58. The van der Waals surface area contributed by atoms with Gasteiger partial charge in [-0.25, -0.2) is 4.79 Å². The number of hydrogen-bond donors (Lipinski definition) is 1. The van der Waals surface area contributed by atoms with Crippen LogP contribution in [0.2, 0.25) is 0 Å². The van der Waals surface area contributed by atoms with Crippen molar-refractivity contribution in [2.24, 2.45) is 5.41 Å². The van der Waals surface area contributed by atoms with Gasteiger partial charge in [-0.05, 0) is 30.5 Å². The molecule has 0 amide bonds. The standard InChI is InChI=1S/C15H18BrNO3/c1-19-13(18)6-20-15(7-14(8-15)9-17-10-14)11-3-2-4-12(16)5-11/h2-5,17H,6-10H2,1H3. The molecule has 0 aromatic heterocycles. The van der Waals surface area contributed by atoms with Crippen molar-refractivity contribution in [2.75, 3.05) is 26.8 Å². The zero-order valence-electron chi connectivity index (χ0n) is 11.4. The van der Waals surface area contributed by atoms with E-state index in [-0.39, 0.29) is 18.2 Å². The van der Waals surface area contributed by atoms with E-state index in [2.05, 4.69) is 38.1 Å². The molecule has 4 nitrogen and oxygen atoms in total. The second kappa shape index (κ2) is 5.13. The van der Waals surface area contributed by atoms with Gasteiger partial charge in [-0.3, -0.25) is 0 Å². The van der Waals surface area contributed by atoms with Crippen LogP contribution in [0.15, 0.2) is 28.7 Å². The molecular formula is C15H18BrNO3. The summed E-state index contributed by atoms with van der Waals surface area (Å²) in [5.74, 6) is -0.327. The monoisotopic (exact) mass is 339 g/mol. The summed E-state index contributed by atoms with van der Waals surface area (Å²) < 4.78 is 11.7. The summed E-state index contributed by atoms with van der Waals surface area (Å²) in [7, 11) is 1.38. The molecule has 1 spiro atoms. The van der Waals surface area contributed by atoms with E-state index in [0.717, 1.165) is 36.0 Å². The molecule has 0 radical (unpaired) electrons. The highest BCUT2D eigenvalue weighted by atomic mass is 79.9. The molecule has 108 valence electrons. The molecule has 1 heterocycles. The maximum absolute atomic E-state index is 11.4. The SMILES string of the molecule is COC(=O)COC1(c2cccc(Br)c2)CC2(CNC2)C1. The molecule has 1 saturated heterocycles. The van der Waals surface area contributed by atoms with Gasteiger partial charge in [0.2, 0.25) is 0 Å². The minimum atomic E-state index is -0.347. The van der Waals surface area contributed by atoms with Crippen molar-refractivity contribution in [3.05, 3.63) is 34.3 Å². The van der Waals surface area contributed by atoms with Crippen molar-refractivity contribution in [2.45, 2.75) is 18.4 Å². The third-order valence-corrected chi connectivity index (χ3v) is 4.86. The summed E-state index contributed by atoms with van der Waals surface area (Å²) >= 11 is 3.50. The van der Waals surface area contributed by atoms with Gasteiger partial charge in [0, 0.05) is 23.0 Å². The van der Waals surface area contributed by atoms with Gasteiger partial charge < -0.3 is 14.8 Å². The van der Waals surface area contributed by atoms with Crippen LogP contribution in [0.1, 0.15) is 18.4 Å². The van der Waals surface area contributed by atoms with Gasteiger partial charge in [-0.2, -0.15) is 0 Å². The van der Waals surface area contributed by atoms with Crippen molar-refractivity contribution < 1.29 is 14.3 Å². The van der Waals surface area contributed by atoms with Crippen LogP contribution in [0.5, 0.6) is 0 Å². The zero-order valence-corrected chi connectivity index (χ0v) is 13.0. The van der Waals surface area contributed by atoms with Crippen molar-refractivity contribution in [1.29, 1.82) is 0 Å². The summed E-state index contributed by atoms with van der Waals surface area (Å²) in [6, 6.07) is 8.15. The van der Waals surface area contributed by atoms with E-state index in [1.54, 1.807) is 0 Å². The molecule has 1 N–H and O–H groups in total. The topological polar surface area (TPSA) is 47.6 Å². The van der Waals surface area contributed by atoms with Crippen LogP contribution in [-0.4, -0.2) is 32.8 Å². The summed E-state index contributed by atoms with van der Waals surface area (Å²) in [6.07, 6.45) is 1.92. The number of ether oxygens (including phenoxy) is 2. The summed E-state index contributed by atoms with van der Waals surface area (Å²) in [5.41, 5.74) is 1.15. The van der Waals surface area contributed by atoms with Gasteiger partial charge in [-0.15, -0.1) is 0 Å². The zero-order chi connectivity index (χ0) is 14.2. The average Bonchev–Trinajstić information content (AvgIpc) is 2.35. The van der Waals surface area contributed by atoms with E-state index in [0.29, 0.717) is 5.41 Å². The lowest BCUT2D eigenvalue weighted by molar-refractivity contribution is -0.201. The largest absolute Gasteiger partial charge is 0.467 e. The van der Waals surface area contributed by atoms with Gasteiger partial charge in [0.25, 0.3) is 0 Å². The highest BCUT2D eigenvalue weighted by molar-refractivity contribution is 9.10. The third kappa shape index (κ3) is 2.38. The Morgan fingerprint density at radius 3 is 2.70 bits per heavy atom. The molecule has 2 fully saturated rings. The number of rotatable bonds is 4. The number of halogens is 1. The fourth-order valence-electron chi connectivity index (χ4n) is 3.31. The van der Waals surface area contributed by atoms with Crippen molar-refractivity contribution in [1.82, 2.24) is 5.32 Å². The van der Waals surface area contributed by atoms with Crippen LogP contribution in [0.3, 0.4) is 0 Å². The van der Waals surface area contributed by atoms with Crippen LogP contribution >= 0.6 is 15.9 Å². The first kappa shape index (κ1) is 14.0. The summed E-state index contributed by atoms with van der Waals surface area (Å²) in [6.45, 7) is 2.10. The first-order valence-electron chi connectivity index (χ1n) is 6.75. The molecule has 0 unspecified atom stereocenters. The van der Waals surface area contributed by atoms with Gasteiger partial charge in [-0.1, -0.05) is 28.1 Å². The van der Waals surface area contributed by atoms with Crippen molar-refractivity contribution in [3.63, 3.8) is 0 Å². The number of carbonyl (C=O) groups is 1. The first-order chi connectivity index (χ1) is 9.57. The Morgan fingerprint density at radius 1 is 1.40 bits per heavy atom. The van der Waals surface area contributed by atoms with Gasteiger partial charge >= 0.3 is 5.97 Å². The van der Waals surface area contributed by atoms with Crippen LogP contribution < -0.4 is 5.32 Å². The Morgan fingerprint density at radius 2 is 2.15 bits per heavy atom. The number of esters is 1. The number of nitrogens with one attached hydrogen (secondary N) is 1. The second-order valence-electron chi connectivity index (χ2n) is 5.83. The lowest BCUT2D eigenvalue weighted by atomic mass is 9.54. The Labute approximate surface area is 127 Å². The quantitative estimate of drug-likeness (QED) is 0.854. The Balaban J connectivity index is 1.79. The molecule has 1 aromatic carbocycles. The van der Waals surface area contributed by atoms with E-state index >= 15 is 0 Å². The predicted octanol–water partition coefficient (Wildman–Crippen LogP) is 2.22. The van der Waals surface area contributed by atoms with E-state index in [4.69, 9.17) is 4.74 Å². The van der Waals surface area contributed by atoms with Crippen molar-refractivity contribution in [3.8, 4) is 0 Å². The maximum atomic E-state index is 11.4. The molecule has 1 aliphatic heterocycles. The molecule has 1 saturated carbocycles. The van der Waals surface area contributed by atoms with Gasteiger partial charge in [0.1, 0.15) is 6.61 Å². The summed E-state index contributed by atoms with van der Waals surface area (Å²) in [4.78, 5) is 11.4. The Kier molecular flexibility index (Phi) is 3.60. The number of methoxy groups -OCH3 is 1. The van der Waals surface area contributed by atoms with E-state index < -0.39 is 0 Å². The Hall–Kier alpha value is -0.910. The predicted molar refractivity (Wildman–Crippen MR) is 78.3 cm³/mol. The maximum Gasteiger partial charge on any atom is 0.331 e. The normalized spacial score (nSPS) is 21.9. The van der Waals surface area contributed by atoms with Gasteiger partial charge in [0.05, 0.1) is 12.7 Å². The van der Waals surface area contributed by atoms with E-state index in [1.807, 2.05) is 12.1 Å². The molecule has 0 atom stereocenters. The number of hydrogen-bond acceptors (Lipinski definition) is 4. The molecular weight excluding hydrogens is 322 g/mol. The van der Waals surface area contributed by atoms with Crippen molar-refractivity contribution >= 4 is 21.9 Å². The molecule has 2 aliphatic rings. The molecule has 1 aliphatic carbocycles. The fourth-order valence-corrected chi connectivity index (χ4v) is 3.70. The Bertz CT molecular complexity index is 520. The van der Waals surface area contributed by atoms with Crippen LogP contribution in [0.25, 0.3) is 0 Å². The number of carbonyl (C=O) groups excluding carboxylic acids is 1. The first-order valence-corrected chi connectivity index (χ1v) is 7.54. The molecule has 1 aromatic rings. The van der Waals surface area contributed by atoms with Crippen LogP contribution in [-0.2, 0) is 19.9 Å². The summed E-state index contributed by atoms with van der Waals surface area (Å²) in [5, 5.41) is 3.32. The van der Waals surface area contributed by atoms with Crippen LogP contribution in [0.4, 0.5) is 0 Å². The molecule has 20 heavy (non-hydrogen) atoms. The smallest absolute Gasteiger partial charge is 0.331 e. The number of benzene rings is 1. The van der Waals surface area contributed by atoms with E-state index in [1.165, 1.54) is 7.11 Å². The molecule has 0 bridgehead atoms. The van der Waals surface area contributed by atoms with Crippen LogP contribution in [0, 0.1) is 5.41 Å². The second-order valence-corrected chi connectivity index (χ2v) is 6.74. The highest BCUT2D eigenvalue weighted by Gasteiger charge is 2.59. The van der Waals surface area contributed by atoms with Gasteiger partial charge in [0.15, 0.2) is 0 Å². The average molecular weight is 340 g/mol. The lowest BCUT2D eigenvalue weighted by Gasteiger charge is -2.60. The molecule has 5 heteroatoms. The lowest BCUT2D eigenvalue weighted by Crippen LogP contribution is -2.66. The minimum Gasteiger partial charge on any atom is -0.467 e. The fraction of sp³-hybridized carbons (Fsp3) is 0.533. The van der Waals surface area contributed by atoms with E-state index in [9.17, 15) is 4.79 Å². The molecule has 3 rings (SSSR count).